The molecule has 0 radical (unpaired) electrons. The fraction of sp³-hybridized carbons (Fsp3) is 0.280. The quantitative estimate of drug-likeness (QED) is 0.441. The molecule has 0 fully saturated rings. The second-order valence-electron chi connectivity index (χ2n) is 7.53. The number of halogens is 1. The van der Waals surface area contributed by atoms with Gasteiger partial charge in [-0.1, -0.05) is 29.8 Å². The van der Waals surface area contributed by atoms with Crippen LogP contribution in [0.1, 0.15) is 11.1 Å². The molecule has 6 nitrogen and oxygen atoms in total. The highest BCUT2D eigenvalue weighted by Crippen LogP contribution is 2.27. The summed E-state index contributed by atoms with van der Waals surface area (Å²) in [5, 5.41) is 1.58. The van der Waals surface area contributed by atoms with Crippen LogP contribution < -0.4 is 9.64 Å². The van der Waals surface area contributed by atoms with E-state index in [9.17, 15) is 4.79 Å². The number of benzene rings is 2. The highest BCUT2D eigenvalue weighted by atomic mass is 35.5. The third-order valence-electron chi connectivity index (χ3n) is 5.05. The van der Waals surface area contributed by atoms with Gasteiger partial charge >= 0.3 is 0 Å². The smallest absolute Gasteiger partial charge is 0.246 e. The second kappa shape index (κ2) is 11.0. The summed E-state index contributed by atoms with van der Waals surface area (Å²) in [7, 11) is 7.14. The molecule has 1 heterocycles. The van der Waals surface area contributed by atoms with Crippen molar-refractivity contribution in [1.82, 2.24) is 9.88 Å². The van der Waals surface area contributed by atoms with Gasteiger partial charge in [-0.2, -0.15) is 0 Å². The number of nitrogens with zero attached hydrogens (tertiary/aromatic N) is 3. The molecule has 0 aliphatic heterocycles. The van der Waals surface area contributed by atoms with Gasteiger partial charge in [0.1, 0.15) is 11.6 Å². The van der Waals surface area contributed by atoms with Gasteiger partial charge in [0.15, 0.2) is 0 Å². The topological polar surface area (TPSA) is 54.9 Å². The minimum Gasteiger partial charge on any atom is -0.497 e. The van der Waals surface area contributed by atoms with Gasteiger partial charge in [-0.15, -0.1) is 0 Å². The van der Waals surface area contributed by atoms with E-state index in [0.29, 0.717) is 24.7 Å². The van der Waals surface area contributed by atoms with Crippen molar-refractivity contribution in [3.05, 3.63) is 70.8 Å². The maximum absolute atomic E-state index is 13.1. The number of anilines is 1. The molecule has 0 spiro atoms. The number of carbonyl (C=O) groups is 1. The first-order valence-electron chi connectivity index (χ1n) is 10.3. The SMILES string of the molecule is COCCN(Cc1cc2ccc(OC)cc2nc1N(C)C)C(=O)/C=C/c1ccccc1Cl. The lowest BCUT2D eigenvalue weighted by atomic mass is 10.1. The molecular weight excluding hydrogens is 426 g/mol. The minimum absolute atomic E-state index is 0.124. The third kappa shape index (κ3) is 5.78. The number of fused-ring (bicyclic) bond motifs is 1. The van der Waals surface area contributed by atoms with Crippen LogP contribution in [0.5, 0.6) is 5.75 Å². The molecule has 0 aliphatic carbocycles. The van der Waals surface area contributed by atoms with Crippen molar-refractivity contribution in [2.24, 2.45) is 0 Å². The summed E-state index contributed by atoms with van der Waals surface area (Å²) in [5.41, 5.74) is 2.58. The Kier molecular flexibility index (Phi) is 8.09. The van der Waals surface area contributed by atoms with Gasteiger partial charge in [0.2, 0.25) is 5.91 Å². The Balaban J connectivity index is 1.92. The van der Waals surface area contributed by atoms with Gasteiger partial charge in [0, 0.05) is 62.4 Å². The Morgan fingerprint density at radius 1 is 1.12 bits per heavy atom. The van der Waals surface area contributed by atoms with Crippen LogP contribution in [0, 0.1) is 0 Å². The molecule has 0 N–H and O–H groups in total. The molecule has 0 saturated carbocycles. The van der Waals surface area contributed by atoms with E-state index >= 15 is 0 Å². The van der Waals surface area contributed by atoms with Gasteiger partial charge in [0.05, 0.1) is 19.2 Å². The number of aromatic nitrogens is 1. The first kappa shape index (κ1) is 23.6. The van der Waals surface area contributed by atoms with Crippen LogP contribution >= 0.6 is 11.6 Å². The van der Waals surface area contributed by atoms with Crippen molar-refractivity contribution in [2.45, 2.75) is 6.54 Å². The maximum atomic E-state index is 13.1. The molecule has 3 aromatic rings. The number of hydrogen-bond donors (Lipinski definition) is 0. The normalized spacial score (nSPS) is 11.2. The van der Waals surface area contributed by atoms with Gasteiger partial charge < -0.3 is 19.3 Å². The van der Waals surface area contributed by atoms with E-state index in [2.05, 4.69) is 6.07 Å². The minimum atomic E-state index is -0.124. The molecule has 0 bridgehead atoms. The zero-order valence-corrected chi connectivity index (χ0v) is 19.6. The highest BCUT2D eigenvalue weighted by Gasteiger charge is 2.17. The predicted octanol–water partition coefficient (Wildman–Crippen LogP) is 4.65. The number of amides is 1. The number of carbonyl (C=O) groups excluding carboxylic acids is 1. The fourth-order valence-corrected chi connectivity index (χ4v) is 3.56. The van der Waals surface area contributed by atoms with Gasteiger partial charge in [-0.3, -0.25) is 4.79 Å². The lowest BCUT2D eigenvalue weighted by molar-refractivity contribution is -0.127. The van der Waals surface area contributed by atoms with Crippen molar-refractivity contribution in [3.63, 3.8) is 0 Å². The molecule has 0 aliphatic rings. The Bertz CT molecular complexity index is 1110. The number of rotatable bonds is 9. The molecule has 168 valence electrons. The van der Waals surface area contributed by atoms with Crippen LogP contribution in [0.25, 0.3) is 17.0 Å². The third-order valence-corrected chi connectivity index (χ3v) is 5.40. The molecule has 32 heavy (non-hydrogen) atoms. The summed E-state index contributed by atoms with van der Waals surface area (Å²) in [6.07, 6.45) is 3.29. The van der Waals surface area contributed by atoms with E-state index in [0.717, 1.165) is 33.6 Å². The molecule has 7 heteroatoms. The molecule has 0 atom stereocenters. The number of methoxy groups -OCH3 is 2. The second-order valence-corrected chi connectivity index (χ2v) is 7.94. The van der Waals surface area contributed by atoms with Gasteiger partial charge in [-0.25, -0.2) is 4.98 Å². The van der Waals surface area contributed by atoms with E-state index in [1.165, 1.54) is 0 Å². The lowest BCUT2D eigenvalue weighted by Crippen LogP contribution is -2.32. The Labute approximate surface area is 194 Å². The summed E-state index contributed by atoms with van der Waals surface area (Å²) in [4.78, 5) is 21.6. The van der Waals surface area contributed by atoms with Crippen molar-refractivity contribution in [1.29, 1.82) is 0 Å². The summed E-state index contributed by atoms with van der Waals surface area (Å²) in [5.74, 6) is 1.43. The average molecular weight is 454 g/mol. The Hall–Kier alpha value is -3.09. The molecule has 1 amide bonds. The van der Waals surface area contributed by atoms with Crippen molar-refractivity contribution >= 4 is 40.3 Å². The first-order chi connectivity index (χ1) is 15.4. The van der Waals surface area contributed by atoms with Crippen LogP contribution in [0.15, 0.2) is 54.6 Å². The predicted molar refractivity (Wildman–Crippen MR) is 130 cm³/mol. The van der Waals surface area contributed by atoms with E-state index in [1.54, 1.807) is 37.3 Å². The highest BCUT2D eigenvalue weighted by molar-refractivity contribution is 6.32. The van der Waals surface area contributed by atoms with E-state index in [4.69, 9.17) is 26.1 Å². The number of hydrogen-bond acceptors (Lipinski definition) is 5. The maximum Gasteiger partial charge on any atom is 0.246 e. The van der Waals surface area contributed by atoms with Crippen LogP contribution in [-0.2, 0) is 16.1 Å². The van der Waals surface area contributed by atoms with Gasteiger partial charge in [-0.05, 0) is 35.9 Å². The standard InChI is InChI=1S/C25H28ClN3O3/c1-28(2)25-20(15-19-9-11-21(32-4)16-23(19)27-25)17-29(13-14-31-3)24(30)12-10-18-7-5-6-8-22(18)26/h5-12,15-16H,13-14,17H2,1-4H3/b12-10+. The van der Waals surface area contributed by atoms with Crippen molar-refractivity contribution in [2.75, 3.05) is 46.4 Å². The Morgan fingerprint density at radius 2 is 1.91 bits per heavy atom. The van der Waals surface area contributed by atoms with E-state index in [-0.39, 0.29) is 5.91 Å². The van der Waals surface area contributed by atoms with Crippen LogP contribution in [0.3, 0.4) is 0 Å². The largest absolute Gasteiger partial charge is 0.497 e. The van der Waals surface area contributed by atoms with Crippen LogP contribution in [0.2, 0.25) is 5.02 Å². The molecule has 3 rings (SSSR count). The average Bonchev–Trinajstić information content (AvgIpc) is 2.80. The van der Waals surface area contributed by atoms with Gasteiger partial charge in [0.25, 0.3) is 0 Å². The lowest BCUT2D eigenvalue weighted by Gasteiger charge is -2.24. The fourth-order valence-electron chi connectivity index (χ4n) is 3.36. The van der Waals surface area contributed by atoms with Crippen molar-refractivity contribution in [3.8, 4) is 5.75 Å². The summed E-state index contributed by atoms with van der Waals surface area (Å²) >= 11 is 6.21. The molecule has 0 saturated heterocycles. The van der Waals surface area contributed by atoms with E-state index < -0.39 is 0 Å². The zero-order valence-electron chi connectivity index (χ0n) is 18.8. The van der Waals surface area contributed by atoms with Crippen molar-refractivity contribution < 1.29 is 14.3 Å². The summed E-state index contributed by atoms with van der Waals surface area (Å²) in [6.45, 7) is 1.29. The number of pyridine rings is 1. The van der Waals surface area contributed by atoms with E-state index in [1.807, 2.05) is 55.4 Å². The van der Waals surface area contributed by atoms with Crippen LogP contribution in [0.4, 0.5) is 5.82 Å². The Morgan fingerprint density at radius 3 is 2.59 bits per heavy atom. The molecular formula is C25H28ClN3O3. The zero-order chi connectivity index (χ0) is 23.1. The monoisotopic (exact) mass is 453 g/mol. The summed E-state index contributed by atoms with van der Waals surface area (Å²) in [6, 6.07) is 15.3. The summed E-state index contributed by atoms with van der Waals surface area (Å²) < 4.78 is 10.6. The molecule has 1 aromatic heterocycles. The molecule has 0 unspecified atom stereocenters. The van der Waals surface area contributed by atoms with Crippen LogP contribution in [-0.4, -0.2) is 57.3 Å². The molecule has 2 aromatic carbocycles. The number of ether oxygens (including phenoxy) is 2. The first-order valence-corrected chi connectivity index (χ1v) is 10.7.